The number of halogens is 1. The summed E-state index contributed by atoms with van der Waals surface area (Å²) < 4.78 is 0.908. The third-order valence-corrected chi connectivity index (χ3v) is 3.81. The second-order valence-electron chi connectivity index (χ2n) is 3.60. The lowest BCUT2D eigenvalue weighted by atomic mass is 10.1. The lowest BCUT2D eigenvalue weighted by Crippen LogP contribution is -2.11. The van der Waals surface area contributed by atoms with Gasteiger partial charge in [-0.2, -0.15) is 0 Å². The largest absolute Gasteiger partial charge is 0.384 e. The highest BCUT2D eigenvalue weighted by molar-refractivity contribution is 9.11. The maximum Gasteiger partial charge on any atom is 0.256 e. The summed E-state index contributed by atoms with van der Waals surface area (Å²) in [5, 5.41) is 13.3. The molecular weight excluding hydrogens is 326 g/mol. The van der Waals surface area contributed by atoms with Crippen molar-refractivity contribution >= 4 is 38.9 Å². The number of benzene rings is 1. The van der Waals surface area contributed by atoms with Crippen LogP contribution in [0.15, 0.2) is 39.5 Å². The maximum atomic E-state index is 12.0. The van der Waals surface area contributed by atoms with Crippen molar-refractivity contribution in [1.82, 2.24) is 0 Å². The van der Waals surface area contributed by atoms with E-state index in [9.17, 15) is 4.79 Å². The van der Waals surface area contributed by atoms with Gasteiger partial charge in [0.1, 0.15) is 6.61 Å². The fourth-order valence-electron chi connectivity index (χ4n) is 1.46. The van der Waals surface area contributed by atoms with Gasteiger partial charge in [0, 0.05) is 10.9 Å². The summed E-state index contributed by atoms with van der Waals surface area (Å²) in [6.45, 7) is -0.209. The number of carbonyl (C=O) groups is 1. The van der Waals surface area contributed by atoms with Crippen LogP contribution in [0.25, 0.3) is 0 Å². The second-order valence-corrected chi connectivity index (χ2v) is 5.89. The molecule has 0 bridgehead atoms. The molecule has 0 atom stereocenters. The fraction of sp³-hybridized carbons (Fsp3) is 0.0714. The molecule has 3 nitrogen and oxygen atoms in total. The van der Waals surface area contributed by atoms with Crippen molar-refractivity contribution in [1.29, 1.82) is 0 Å². The van der Waals surface area contributed by atoms with Gasteiger partial charge in [-0.3, -0.25) is 4.79 Å². The molecule has 0 saturated heterocycles. The molecule has 0 aliphatic rings. The summed E-state index contributed by atoms with van der Waals surface area (Å²) in [6.07, 6.45) is 0. The highest BCUT2D eigenvalue weighted by atomic mass is 79.9. The van der Waals surface area contributed by atoms with Gasteiger partial charge in [-0.15, -0.1) is 11.3 Å². The van der Waals surface area contributed by atoms with Crippen LogP contribution in [0.4, 0.5) is 5.69 Å². The highest BCUT2D eigenvalue weighted by Gasteiger charge is 2.09. The Balaban J connectivity index is 2.21. The molecule has 0 saturated carbocycles. The number of aliphatic hydroxyl groups is 1. The number of anilines is 1. The summed E-state index contributed by atoms with van der Waals surface area (Å²) in [4.78, 5) is 12.0. The Kier molecular flexibility index (Phi) is 4.74. The molecule has 2 N–H and O–H groups in total. The van der Waals surface area contributed by atoms with E-state index in [0.29, 0.717) is 16.8 Å². The molecule has 96 valence electrons. The second kappa shape index (κ2) is 6.53. The van der Waals surface area contributed by atoms with Gasteiger partial charge in [0.05, 0.1) is 15.0 Å². The Labute approximate surface area is 123 Å². The molecule has 0 spiro atoms. The number of carbonyl (C=O) groups excluding carboxylic acids is 1. The van der Waals surface area contributed by atoms with E-state index < -0.39 is 0 Å². The monoisotopic (exact) mass is 335 g/mol. The van der Waals surface area contributed by atoms with Crippen LogP contribution in [0.2, 0.25) is 0 Å². The maximum absolute atomic E-state index is 12.0. The topological polar surface area (TPSA) is 49.3 Å². The average Bonchev–Trinajstić information content (AvgIpc) is 2.84. The number of nitrogens with one attached hydrogen (secondary N) is 1. The molecule has 1 aromatic heterocycles. The Morgan fingerprint density at radius 3 is 2.89 bits per heavy atom. The number of hydrogen-bond donors (Lipinski definition) is 2. The third-order valence-electron chi connectivity index (χ3n) is 2.31. The van der Waals surface area contributed by atoms with Crippen LogP contribution in [0.5, 0.6) is 0 Å². The zero-order chi connectivity index (χ0) is 13.7. The lowest BCUT2D eigenvalue weighted by Gasteiger charge is -2.06. The van der Waals surface area contributed by atoms with Gasteiger partial charge in [-0.05, 0) is 34.1 Å². The minimum atomic E-state index is -0.209. The number of amides is 1. The predicted molar refractivity (Wildman–Crippen MR) is 80.4 cm³/mol. The van der Waals surface area contributed by atoms with Crippen LogP contribution in [0.1, 0.15) is 15.9 Å². The summed E-state index contributed by atoms with van der Waals surface area (Å²) in [5.74, 6) is 5.19. The molecule has 1 aromatic carbocycles. The highest BCUT2D eigenvalue weighted by Crippen LogP contribution is 2.22. The number of thiophene rings is 1. The fourth-order valence-corrected chi connectivity index (χ4v) is 2.60. The summed E-state index contributed by atoms with van der Waals surface area (Å²) >= 11 is 4.78. The number of hydrogen-bond acceptors (Lipinski definition) is 3. The molecule has 0 fully saturated rings. The smallest absolute Gasteiger partial charge is 0.256 e. The first-order chi connectivity index (χ1) is 9.20. The molecule has 0 aliphatic heterocycles. The van der Waals surface area contributed by atoms with E-state index in [-0.39, 0.29) is 12.5 Å². The van der Waals surface area contributed by atoms with Crippen LogP contribution < -0.4 is 5.32 Å². The van der Waals surface area contributed by atoms with Crippen LogP contribution in [0.3, 0.4) is 0 Å². The van der Waals surface area contributed by atoms with Gasteiger partial charge in [-0.1, -0.05) is 24.0 Å². The van der Waals surface area contributed by atoms with E-state index in [1.165, 1.54) is 11.3 Å². The summed E-state index contributed by atoms with van der Waals surface area (Å²) in [6, 6.07) is 8.99. The first-order valence-corrected chi connectivity index (χ1v) is 7.12. The van der Waals surface area contributed by atoms with E-state index in [4.69, 9.17) is 5.11 Å². The molecule has 0 radical (unpaired) electrons. The molecule has 1 heterocycles. The number of para-hydroxylation sites is 1. The van der Waals surface area contributed by atoms with Gasteiger partial charge < -0.3 is 10.4 Å². The number of rotatable bonds is 2. The van der Waals surface area contributed by atoms with E-state index in [1.807, 2.05) is 12.1 Å². The normalized spacial score (nSPS) is 9.58. The zero-order valence-electron chi connectivity index (χ0n) is 9.81. The van der Waals surface area contributed by atoms with Crippen molar-refractivity contribution in [2.24, 2.45) is 0 Å². The van der Waals surface area contributed by atoms with Crippen LogP contribution in [-0.2, 0) is 0 Å². The Bertz CT molecular complexity index is 655. The molecule has 5 heteroatoms. The van der Waals surface area contributed by atoms with Crippen molar-refractivity contribution < 1.29 is 9.90 Å². The standard InChI is InChI=1S/C14H10BrNO2S/c15-13-8-11(9-19-13)14(18)16-12-6-2-1-4-10(12)5-3-7-17/h1-2,4,6,8-9,17H,7H2,(H,16,18). The minimum Gasteiger partial charge on any atom is -0.384 e. The Morgan fingerprint density at radius 1 is 1.42 bits per heavy atom. The van der Waals surface area contributed by atoms with Crippen molar-refractivity contribution in [2.75, 3.05) is 11.9 Å². The zero-order valence-corrected chi connectivity index (χ0v) is 12.2. The van der Waals surface area contributed by atoms with Gasteiger partial charge in [-0.25, -0.2) is 0 Å². The molecule has 2 rings (SSSR count). The molecule has 0 aliphatic carbocycles. The Morgan fingerprint density at radius 2 is 2.21 bits per heavy atom. The lowest BCUT2D eigenvalue weighted by molar-refractivity contribution is 0.102. The number of aliphatic hydroxyl groups excluding tert-OH is 1. The Hall–Kier alpha value is -1.61. The van der Waals surface area contributed by atoms with E-state index in [1.54, 1.807) is 23.6 Å². The molecule has 0 unspecified atom stereocenters. The first kappa shape index (κ1) is 13.8. The van der Waals surface area contributed by atoms with Gasteiger partial charge in [0.2, 0.25) is 0 Å². The van der Waals surface area contributed by atoms with E-state index in [2.05, 4.69) is 33.1 Å². The van der Waals surface area contributed by atoms with Crippen molar-refractivity contribution in [2.45, 2.75) is 0 Å². The average molecular weight is 336 g/mol. The van der Waals surface area contributed by atoms with Crippen molar-refractivity contribution in [3.63, 3.8) is 0 Å². The molecular formula is C14H10BrNO2S. The molecule has 19 heavy (non-hydrogen) atoms. The SMILES string of the molecule is O=C(Nc1ccccc1C#CCO)c1csc(Br)c1. The van der Waals surface area contributed by atoms with Crippen molar-refractivity contribution in [3.8, 4) is 11.8 Å². The molecule has 2 aromatic rings. The quantitative estimate of drug-likeness (QED) is 0.828. The van der Waals surface area contributed by atoms with Crippen molar-refractivity contribution in [3.05, 3.63) is 50.6 Å². The van der Waals surface area contributed by atoms with Crippen LogP contribution in [0, 0.1) is 11.8 Å². The van der Waals surface area contributed by atoms with Crippen LogP contribution >= 0.6 is 27.3 Å². The van der Waals surface area contributed by atoms with Gasteiger partial charge in [0.25, 0.3) is 5.91 Å². The first-order valence-electron chi connectivity index (χ1n) is 5.45. The van der Waals surface area contributed by atoms with E-state index in [0.717, 1.165) is 3.79 Å². The minimum absolute atomic E-state index is 0.180. The van der Waals surface area contributed by atoms with Gasteiger partial charge in [0.15, 0.2) is 0 Å². The summed E-state index contributed by atoms with van der Waals surface area (Å²) in [5.41, 5.74) is 1.91. The summed E-state index contributed by atoms with van der Waals surface area (Å²) in [7, 11) is 0. The predicted octanol–water partition coefficient (Wildman–Crippen LogP) is 3.11. The third kappa shape index (κ3) is 3.67. The molecule has 1 amide bonds. The van der Waals surface area contributed by atoms with Crippen LogP contribution in [-0.4, -0.2) is 17.6 Å². The van der Waals surface area contributed by atoms with Gasteiger partial charge >= 0.3 is 0 Å². The van der Waals surface area contributed by atoms with E-state index >= 15 is 0 Å².